The van der Waals surface area contributed by atoms with E-state index in [1.807, 2.05) is 0 Å². The Hall–Kier alpha value is -0.0800. The summed E-state index contributed by atoms with van der Waals surface area (Å²) in [6.07, 6.45) is 0. The molecule has 0 radical (unpaired) electrons. The Kier molecular flexibility index (Phi) is 14.0. The Morgan fingerprint density at radius 3 is 1.11 bits per heavy atom. The smallest absolute Gasteiger partial charge is 0.0742 e. The summed E-state index contributed by atoms with van der Waals surface area (Å²) in [5, 5.41) is 7.00. The molecular formula is C7H20NO+. The van der Waals surface area contributed by atoms with Gasteiger partial charge >= 0.3 is 0 Å². The lowest BCUT2D eigenvalue weighted by Crippen LogP contribution is -3.11. The van der Waals surface area contributed by atoms with Crippen LogP contribution in [0.2, 0.25) is 0 Å². The van der Waals surface area contributed by atoms with Crippen LogP contribution >= 0.6 is 0 Å². The Morgan fingerprint density at radius 1 is 0.889 bits per heavy atom. The number of quaternary nitrogens is 1. The molecule has 0 heterocycles. The van der Waals surface area contributed by atoms with E-state index in [0.29, 0.717) is 0 Å². The van der Waals surface area contributed by atoms with Gasteiger partial charge in [-0.15, -0.1) is 0 Å². The van der Waals surface area contributed by atoms with Crippen molar-refractivity contribution in [3.63, 3.8) is 0 Å². The zero-order chi connectivity index (χ0) is 7.70. The van der Waals surface area contributed by atoms with Crippen molar-refractivity contribution in [2.45, 2.75) is 20.8 Å². The summed E-state index contributed by atoms with van der Waals surface area (Å²) in [6.45, 7) is 10.5. The van der Waals surface area contributed by atoms with Gasteiger partial charge in [0.25, 0.3) is 0 Å². The van der Waals surface area contributed by atoms with Crippen molar-refractivity contribution in [3.05, 3.63) is 0 Å². The van der Waals surface area contributed by atoms with E-state index in [1.54, 1.807) is 4.90 Å². The third kappa shape index (κ3) is 7.92. The Bertz CT molecular complexity index is 30.4. The average molecular weight is 134 g/mol. The first-order chi connectivity index (χ1) is 4.35. The summed E-state index contributed by atoms with van der Waals surface area (Å²) in [4.78, 5) is 1.68. The number of hydrogen-bond donors (Lipinski definition) is 2. The van der Waals surface area contributed by atoms with Crippen LogP contribution in [0.1, 0.15) is 20.8 Å². The lowest BCUT2D eigenvalue weighted by atomic mass is 10.5. The van der Waals surface area contributed by atoms with E-state index < -0.39 is 0 Å². The van der Waals surface area contributed by atoms with Gasteiger partial charge in [0.2, 0.25) is 0 Å². The van der Waals surface area contributed by atoms with Gasteiger partial charge in [-0.2, -0.15) is 0 Å². The van der Waals surface area contributed by atoms with Gasteiger partial charge in [0, 0.05) is 7.11 Å². The van der Waals surface area contributed by atoms with Crippen molar-refractivity contribution in [3.8, 4) is 0 Å². The zero-order valence-electron chi connectivity index (χ0n) is 7.07. The molecule has 58 valence electrons. The molecule has 0 aliphatic carbocycles. The third-order valence-electron chi connectivity index (χ3n) is 1.50. The molecule has 0 aromatic carbocycles. The number of rotatable bonds is 3. The molecule has 0 rings (SSSR count). The molecule has 0 saturated carbocycles. The van der Waals surface area contributed by atoms with Gasteiger partial charge in [-0.25, -0.2) is 0 Å². The molecule has 0 aliphatic rings. The molecule has 0 aromatic rings. The average Bonchev–Trinajstić information content (AvgIpc) is 1.96. The molecule has 9 heavy (non-hydrogen) atoms. The first-order valence-electron chi connectivity index (χ1n) is 3.63. The van der Waals surface area contributed by atoms with Crippen LogP contribution in [0.15, 0.2) is 0 Å². The van der Waals surface area contributed by atoms with Gasteiger partial charge in [-0.1, -0.05) is 0 Å². The lowest BCUT2D eigenvalue weighted by Gasteiger charge is -2.10. The Morgan fingerprint density at radius 2 is 1.11 bits per heavy atom. The van der Waals surface area contributed by atoms with Gasteiger partial charge in [0.05, 0.1) is 19.6 Å². The number of aliphatic hydroxyl groups is 1. The second kappa shape index (κ2) is 10.8. The van der Waals surface area contributed by atoms with E-state index in [0.717, 1.165) is 7.11 Å². The highest BCUT2D eigenvalue weighted by Crippen LogP contribution is 1.45. The lowest BCUT2D eigenvalue weighted by molar-refractivity contribution is -0.894. The van der Waals surface area contributed by atoms with Crippen molar-refractivity contribution in [2.24, 2.45) is 0 Å². The predicted molar refractivity (Wildman–Crippen MR) is 40.7 cm³/mol. The van der Waals surface area contributed by atoms with Gasteiger partial charge in [-0.3, -0.25) is 0 Å². The van der Waals surface area contributed by atoms with E-state index in [4.69, 9.17) is 5.11 Å². The van der Waals surface area contributed by atoms with Crippen molar-refractivity contribution >= 4 is 0 Å². The molecule has 0 amide bonds. The number of hydrogen-bond acceptors (Lipinski definition) is 1. The first kappa shape index (κ1) is 11.7. The Balaban J connectivity index is 0. The number of aliphatic hydroxyl groups excluding tert-OH is 1. The molecule has 0 spiro atoms. The van der Waals surface area contributed by atoms with E-state index >= 15 is 0 Å². The monoisotopic (exact) mass is 134 g/mol. The maximum absolute atomic E-state index is 7.00. The van der Waals surface area contributed by atoms with Crippen molar-refractivity contribution < 1.29 is 10.0 Å². The number of nitrogens with one attached hydrogen (secondary N) is 1. The van der Waals surface area contributed by atoms with Crippen LogP contribution in [0.4, 0.5) is 0 Å². The molecule has 2 nitrogen and oxygen atoms in total. The topological polar surface area (TPSA) is 24.7 Å². The third-order valence-corrected chi connectivity index (χ3v) is 1.50. The molecular weight excluding hydrogens is 114 g/mol. The predicted octanol–water partition coefficient (Wildman–Crippen LogP) is -0.460. The van der Waals surface area contributed by atoms with Crippen LogP contribution in [-0.2, 0) is 0 Å². The van der Waals surface area contributed by atoms with Crippen molar-refractivity contribution in [1.29, 1.82) is 0 Å². The molecule has 0 fully saturated rings. The zero-order valence-corrected chi connectivity index (χ0v) is 7.07. The van der Waals surface area contributed by atoms with Gasteiger partial charge in [0.1, 0.15) is 0 Å². The van der Waals surface area contributed by atoms with Crippen LogP contribution in [0.5, 0.6) is 0 Å². The standard InChI is InChI=1S/C6H15N.CH4O/c1-4-7(5-2)6-3;1-2/h4-6H2,1-3H3;2H,1H3/p+1. The highest BCUT2D eigenvalue weighted by Gasteiger charge is 1.92. The summed E-state index contributed by atoms with van der Waals surface area (Å²) in [5.74, 6) is 0. The summed E-state index contributed by atoms with van der Waals surface area (Å²) in [5.41, 5.74) is 0. The maximum atomic E-state index is 7.00. The molecule has 0 bridgehead atoms. The molecule has 0 unspecified atom stereocenters. The van der Waals surface area contributed by atoms with Gasteiger partial charge in [-0.05, 0) is 20.8 Å². The highest BCUT2D eigenvalue weighted by molar-refractivity contribution is 4.11. The fourth-order valence-corrected chi connectivity index (χ4v) is 0.750. The maximum Gasteiger partial charge on any atom is 0.0742 e. The molecule has 0 aromatic heterocycles. The molecule has 0 atom stereocenters. The first-order valence-corrected chi connectivity index (χ1v) is 3.63. The molecule has 0 aliphatic heterocycles. The second-order valence-electron chi connectivity index (χ2n) is 1.81. The second-order valence-corrected chi connectivity index (χ2v) is 1.81. The largest absolute Gasteiger partial charge is 0.400 e. The van der Waals surface area contributed by atoms with Crippen LogP contribution in [0.25, 0.3) is 0 Å². The Labute approximate surface area is 58.5 Å². The van der Waals surface area contributed by atoms with Crippen LogP contribution in [0, 0.1) is 0 Å². The van der Waals surface area contributed by atoms with Crippen molar-refractivity contribution in [2.75, 3.05) is 26.7 Å². The summed E-state index contributed by atoms with van der Waals surface area (Å²) < 4.78 is 0. The summed E-state index contributed by atoms with van der Waals surface area (Å²) in [6, 6.07) is 0. The molecule has 0 saturated heterocycles. The fraction of sp³-hybridized carbons (Fsp3) is 1.00. The van der Waals surface area contributed by atoms with Gasteiger partial charge < -0.3 is 10.0 Å². The molecule has 2 heteroatoms. The minimum atomic E-state index is 1.00. The minimum absolute atomic E-state index is 1.00. The highest BCUT2D eigenvalue weighted by atomic mass is 16.2. The van der Waals surface area contributed by atoms with Crippen LogP contribution < -0.4 is 4.90 Å². The molecule has 2 N–H and O–H groups in total. The normalized spacial score (nSPS) is 8.67. The SMILES string of the molecule is CC[NH+](CC)CC.CO. The van der Waals surface area contributed by atoms with Crippen molar-refractivity contribution in [1.82, 2.24) is 0 Å². The summed E-state index contributed by atoms with van der Waals surface area (Å²) in [7, 11) is 1.00. The van der Waals surface area contributed by atoms with Crippen LogP contribution in [0.3, 0.4) is 0 Å². The minimum Gasteiger partial charge on any atom is -0.400 e. The quantitative estimate of drug-likeness (QED) is 0.536. The van der Waals surface area contributed by atoms with Crippen LogP contribution in [-0.4, -0.2) is 31.9 Å². The summed E-state index contributed by atoms with van der Waals surface area (Å²) >= 11 is 0. The van der Waals surface area contributed by atoms with E-state index in [1.165, 1.54) is 19.6 Å². The van der Waals surface area contributed by atoms with Gasteiger partial charge in [0.15, 0.2) is 0 Å². The fourth-order valence-electron chi connectivity index (χ4n) is 0.750. The van der Waals surface area contributed by atoms with E-state index in [-0.39, 0.29) is 0 Å². The van der Waals surface area contributed by atoms with E-state index in [2.05, 4.69) is 20.8 Å². The van der Waals surface area contributed by atoms with E-state index in [9.17, 15) is 0 Å².